The summed E-state index contributed by atoms with van der Waals surface area (Å²) in [5.41, 5.74) is 0.603. The number of aromatic hydroxyl groups is 1. The van der Waals surface area contributed by atoms with Crippen LogP contribution < -0.4 is 0 Å². The molecule has 0 bridgehead atoms. The fraction of sp³-hybridized carbons (Fsp3) is 0.200. The van der Waals surface area contributed by atoms with Gasteiger partial charge in [-0.05, 0) is 18.6 Å². The number of alkyl halides is 1. The van der Waals surface area contributed by atoms with Crippen molar-refractivity contribution in [1.29, 1.82) is 0 Å². The molecule has 1 aromatic rings. The fourth-order valence-electron chi connectivity index (χ4n) is 0.931. The minimum atomic E-state index is -0.438. The van der Waals surface area contributed by atoms with Crippen LogP contribution in [-0.4, -0.2) is 11.0 Å². The first kappa shape index (κ1) is 10.1. The van der Waals surface area contributed by atoms with E-state index in [1.54, 1.807) is 6.08 Å². The lowest BCUT2D eigenvalue weighted by Gasteiger charge is -1.97. The summed E-state index contributed by atoms with van der Waals surface area (Å²) in [6, 6.07) is 3.91. The number of benzene rings is 1. The third-order valence-corrected chi connectivity index (χ3v) is 1.78. The number of phenolic OH excluding ortho intramolecular Hbond substituents is 1. The molecular weight excluding hydrogens is 191 g/mol. The average molecular weight is 201 g/mol. The molecule has 1 nitrogen and oxygen atoms in total. The summed E-state index contributed by atoms with van der Waals surface area (Å²) in [7, 11) is 0. The highest BCUT2D eigenvalue weighted by Gasteiger charge is 1.97. The molecule has 0 aliphatic carbocycles. The highest BCUT2D eigenvalue weighted by Crippen LogP contribution is 2.19. The lowest BCUT2D eigenvalue weighted by atomic mass is 10.2. The van der Waals surface area contributed by atoms with Crippen molar-refractivity contribution < 1.29 is 9.50 Å². The van der Waals surface area contributed by atoms with Gasteiger partial charge in [-0.25, -0.2) is 4.39 Å². The topological polar surface area (TPSA) is 20.2 Å². The van der Waals surface area contributed by atoms with E-state index < -0.39 is 5.82 Å². The first-order valence-electron chi connectivity index (χ1n) is 3.95. The van der Waals surface area contributed by atoms with E-state index in [2.05, 4.69) is 0 Å². The first-order chi connectivity index (χ1) is 6.24. The molecule has 13 heavy (non-hydrogen) atoms. The molecule has 0 aliphatic rings. The van der Waals surface area contributed by atoms with Crippen LogP contribution in [0.5, 0.6) is 5.75 Å². The average Bonchev–Trinajstić information content (AvgIpc) is 2.09. The third-order valence-electron chi connectivity index (χ3n) is 1.57. The number of hydrogen-bond acceptors (Lipinski definition) is 1. The Balaban J connectivity index is 2.77. The smallest absolute Gasteiger partial charge is 0.126 e. The van der Waals surface area contributed by atoms with E-state index in [-0.39, 0.29) is 5.75 Å². The van der Waals surface area contributed by atoms with E-state index in [1.807, 2.05) is 6.08 Å². The molecule has 70 valence electrons. The molecule has 0 amide bonds. The molecule has 1 N–H and O–H groups in total. The van der Waals surface area contributed by atoms with Crippen LogP contribution >= 0.6 is 11.6 Å². The Labute approximate surface area is 81.5 Å². The van der Waals surface area contributed by atoms with Crippen LogP contribution in [0.2, 0.25) is 0 Å². The number of allylic oxidation sites excluding steroid dienone is 1. The van der Waals surface area contributed by atoms with Gasteiger partial charge in [0, 0.05) is 17.5 Å². The van der Waals surface area contributed by atoms with E-state index in [1.165, 1.54) is 12.1 Å². The van der Waals surface area contributed by atoms with Crippen LogP contribution in [0.4, 0.5) is 4.39 Å². The third kappa shape index (κ3) is 3.07. The van der Waals surface area contributed by atoms with Crippen LogP contribution in [0.25, 0.3) is 6.08 Å². The van der Waals surface area contributed by atoms with Crippen molar-refractivity contribution in [3.8, 4) is 5.75 Å². The molecule has 0 radical (unpaired) electrons. The van der Waals surface area contributed by atoms with Crippen LogP contribution in [-0.2, 0) is 0 Å². The summed E-state index contributed by atoms with van der Waals surface area (Å²) in [4.78, 5) is 0. The van der Waals surface area contributed by atoms with Crippen molar-refractivity contribution in [2.24, 2.45) is 0 Å². The fourth-order valence-corrected chi connectivity index (χ4v) is 1.06. The van der Waals surface area contributed by atoms with Gasteiger partial charge in [0.1, 0.15) is 11.6 Å². The highest BCUT2D eigenvalue weighted by molar-refractivity contribution is 6.17. The Morgan fingerprint density at radius 2 is 2.23 bits per heavy atom. The molecule has 0 spiro atoms. The Bertz CT molecular complexity index is 310. The predicted octanol–water partition coefficient (Wildman–Crippen LogP) is 3.17. The van der Waals surface area contributed by atoms with Crippen LogP contribution in [0.15, 0.2) is 24.3 Å². The Kier molecular flexibility index (Phi) is 3.77. The van der Waals surface area contributed by atoms with Crippen molar-refractivity contribution in [3.63, 3.8) is 0 Å². The molecule has 0 unspecified atom stereocenters. The summed E-state index contributed by atoms with van der Waals surface area (Å²) < 4.78 is 12.5. The van der Waals surface area contributed by atoms with Gasteiger partial charge in [-0.1, -0.05) is 12.2 Å². The number of hydrogen-bond donors (Lipinski definition) is 1. The maximum absolute atomic E-state index is 12.5. The molecule has 0 aromatic heterocycles. The second kappa shape index (κ2) is 4.87. The van der Waals surface area contributed by atoms with E-state index in [9.17, 15) is 9.50 Å². The molecule has 1 rings (SSSR count). The van der Waals surface area contributed by atoms with Crippen molar-refractivity contribution in [1.82, 2.24) is 0 Å². The SMILES string of the molecule is Oc1cc(F)ccc1C=CCCCl. The minimum Gasteiger partial charge on any atom is -0.507 e. The van der Waals surface area contributed by atoms with Gasteiger partial charge in [-0.15, -0.1) is 11.6 Å². The predicted molar refractivity (Wildman–Crippen MR) is 52.4 cm³/mol. The molecule has 0 atom stereocenters. The molecule has 0 saturated carbocycles. The standard InChI is InChI=1S/C10H10ClFO/c11-6-2-1-3-8-4-5-9(12)7-10(8)13/h1,3-5,7,13H,2,6H2. The second-order valence-corrected chi connectivity index (χ2v) is 2.96. The Hall–Kier alpha value is -1.02. The van der Waals surface area contributed by atoms with Gasteiger partial charge in [-0.2, -0.15) is 0 Å². The van der Waals surface area contributed by atoms with Crippen molar-refractivity contribution in [3.05, 3.63) is 35.7 Å². The van der Waals surface area contributed by atoms with Crippen LogP contribution in [0, 0.1) is 5.82 Å². The lowest BCUT2D eigenvalue weighted by Crippen LogP contribution is -1.78. The van der Waals surface area contributed by atoms with E-state index in [0.29, 0.717) is 11.4 Å². The summed E-state index contributed by atoms with van der Waals surface area (Å²) in [5, 5.41) is 9.27. The molecular formula is C10H10ClFO. The molecule has 3 heteroatoms. The molecule has 0 aliphatic heterocycles. The Morgan fingerprint density at radius 3 is 2.85 bits per heavy atom. The normalized spacial score (nSPS) is 10.9. The quantitative estimate of drug-likeness (QED) is 0.744. The minimum absolute atomic E-state index is 0.0502. The molecule has 0 heterocycles. The van der Waals surface area contributed by atoms with Gasteiger partial charge >= 0.3 is 0 Å². The van der Waals surface area contributed by atoms with Crippen molar-refractivity contribution >= 4 is 17.7 Å². The first-order valence-corrected chi connectivity index (χ1v) is 4.48. The van der Waals surface area contributed by atoms with E-state index >= 15 is 0 Å². The van der Waals surface area contributed by atoms with Gasteiger partial charge in [0.25, 0.3) is 0 Å². The Morgan fingerprint density at radius 1 is 1.46 bits per heavy atom. The largest absolute Gasteiger partial charge is 0.507 e. The molecule has 0 fully saturated rings. The molecule has 0 saturated heterocycles. The zero-order valence-electron chi connectivity index (χ0n) is 7.00. The number of halogens is 2. The molecule has 1 aromatic carbocycles. The van der Waals surface area contributed by atoms with Crippen molar-refractivity contribution in [2.75, 3.05) is 5.88 Å². The van der Waals surface area contributed by atoms with Gasteiger partial charge < -0.3 is 5.11 Å². The monoisotopic (exact) mass is 200 g/mol. The zero-order chi connectivity index (χ0) is 9.68. The summed E-state index contributed by atoms with van der Waals surface area (Å²) in [6.07, 6.45) is 4.29. The maximum atomic E-state index is 12.5. The van der Waals surface area contributed by atoms with E-state index in [0.717, 1.165) is 12.5 Å². The summed E-state index contributed by atoms with van der Waals surface area (Å²) >= 11 is 5.46. The van der Waals surface area contributed by atoms with Crippen LogP contribution in [0.3, 0.4) is 0 Å². The number of phenols is 1. The summed E-state index contributed by atoms with van der Waals surface area (Å²) in [6.45, 7) is 0. The van der Waals surface area contributed by atoms with Crippen LogP contribution in [0.1, 0.15) is 12.0 Å². The van der Waals surface area contributed by atoms with Gasteiger partial charge in [-0.3, -0.25) is 0 Å². The highest BCUT2D eigenvalue weighted by atomic mass is 35.5. The lowest BCUT2D eigenvalue weighted by molar-refractivity contribution is 0.468. The van der Waals surface area contributed by atoms with Gasteiger partial charge in [0.2, 0.25) is 0 Å². The number of rotatable bonds is 3. The van der Waals surface area contributed by atoms with Gasteiger partial charge in [0.05, 0.1) is 0 Å². The van der Waals surface area contributed by atoms with Crippen molar-refractivity contribution in [2.45, 2.75) is 6.42 Å². The summed E-state index contributed by atoms with van der Waals surface area (Å²) in [5.74, 6) is 0.0520. The second-order valence-electron chi connectivity index (χ2n) is 2.58. The van der Waals surface area contributed by atoms with Gasteiger partial charge in [0.15, 0.2) is 0 Å². The maximum Gasteiger partial charge on any atom is 0.126 e. The zero-order valence-corrected chi connectivity index (χ0v) is 7.76. The van der Waals surface area contributed by atoms with E-state index in [4.69, 9.17) is 11.6 Å².